The van der Waals surface area contributed by atoms with E-state index < -0.39 is 18.9 Å². The number of anilines is 1. The second-order valence-electron chi connectivity index (χ2n) is 9.88. The first-order valence-corrected chi connectivity index (χ1v) is 13.2. The molecule has 2 aliphatic rings. The molecule has 41 heavy (non-hydrogen) atoms. The third kappa shape index (κ3) is 8.14. The van der Waals surface area contributed by atoms with E-state index in [0.717, 1.165) is 17.0 Å². The lowest BCUT2D eigenvalue weighted by molar-refractivity contribution is -0.145. The van der Waals surface area contributed by atoms with Crippen LogP contribution in [0.5, 0.6) is 0 Å². The van der Waals surface area contributed by atoms with Crippen molar-refractivity contribution in [2.75, 3.05) is 51.2 Å². The van der Waals surface area contributed by atoms with E-state index in [0.29, 0.717) is 43.0 Å². The molecule has 0 spiro atoms. The van der Waals surface area contributed by atoms with Gasteiger partial charge in [0.1, 0.15) is 0 Å². The van der Waals surface area contributed by atoms with Crippen molar-refractivity contribution in [1.82, 2.24) is 25.6 Å². The van der Waals surface area contributed by atoms with Crippen molar-refractivity contribution in [1.29, 1.82) is 0 Å². The van der Waals surface area contributed by atoms with Gasteiger partial charge in [-0.25, -0.2) is 13.8 Å². The summed E-state index contributed by atoms with van der Waals surface area (Å²) in [6.07, 6.45) is -2.62. The van der Waals surface area contributed by atoms with Crippen molar-refractivity contribution in [2.45, 2.75) is 39.9 Å². The lowest BCUT2D eigenvalue weighted by Gasteiger charge is -2.28. The average molecular weight is 616 g/mol. The number of hydrogen-bond donors (Lipinski definition) is 2. The molecule has 0 saturated heterocycles. The number of alkyl halides is 2. The molecule has 2 aromatic rings. The minimum absolute atomic E-state index is 0. The summed E-state index contributed by atoms with van der Waals surface area (Å²) in [6.45, 7) is 6.13. The number of amides is 3. The van der Waals surface area contributed by atoms with Crippen LogP contribution in [0.3, 0.4) is 0 Å². The molecule has 2 aliphatic heterocycles. The fourth-order valence-electron chi connectivity index (χ4n) is 5.06. The van der Waals surface area contributed by atoms with E-state index in [9.17, 15) is 23.2 Å². The van der Waals surface area contributed by atoms with Crippen LogP contribution < -0.4 is 15.5 Å². The molecule has 0 radical (unpaired) electrons. The molecule has 0 saturated carbocycles. The SMILES string of the molecule is CCNCCN(C(=O)CNCC(=O)N(C)N1Cc2ccccc2C1)c1cc2c(cc1C)CN(CC(F)F)C2=O.Cl.Cl. The summed E-state index contributed by atoms with van der Waals surface area (Å²) in [5.41, 5.74) is 4.73. The quantitative estimate of drug-likeness (QED) is 0.358. The van der Waals surface area contributed by atoms with Crippen molar-refractivity contribution >= 4 is 48.2 Å². The van der Waals surface area contributed by atoms with E-state index in [4.69, 9.17) is 0 Å². The highest BCUT2D eigenvalue weighted by Crippen LogP contribution is 2.31. The fraction of sp³-hybridized carbons (Fsp3) is 0.464. The van der Waals surface area contributed by atoms with Crippen LogP contribution in [0, 0.1) is 6.92 Å². The number of aryl methyl sites for hydroxylation is 1. The maximum absolute atomic E-state index is 13.3. The van der Waals surface area contributed by atoms with Gasteiger partial charge in [-0.15, -0.1) is 24.8 Å². The van der Waals surface area contributed by atoms with Crippen LogP contribution in [0.2, 0.25) is 0 Å². The van der Waals surface area contributed by atoms with Gasteiger partial charge < -0.3 is 15.1 Å². The molecular weight excluding hydrogens is 577 g/mol. The summed E-state index contributed by atoms with van der Waals surface area (Å²) in [4.78, 5) is 41.6. The topological polar surface area (TPSA) is 88.2 Å². The van der Waals surface area contributed by atoms with E-state index in [1.54, 1.807) is 29.1 Å². The molecule has 2 heterocycles. The number of nitrogens with zero attached hydrogens (tertiary/aromatic N) is 4. The van der Waals surface area contributed by atoms with Gasteiger partial charge in [-0.3, -0.25) is 24.7 Å². The number of fused-ring (bicyclic) bond motifs is 2. The molecule has 0 fully saturated rings. The highest BCUT2D eigenvalue weighted by atomic mass is 35.5. The molecule has 0 bridgehead atoms. The summed E-state index contributed by atoms with van der Waals surface area (Å²) < 4.78 is 25.9. The van der Waals surface area contributed by atoms with E-state index in [2.05, 4.69) is 22.8 Å². The predicted octanol–water partition coefficient (Wildman–Crippen LogP) is 2.98. The lowest BCUT2D eigenvalue weighted by atomic mass is 10.0. The third-order valence-electron chi connectivity index (χ3n) is 7.17. The molecule has 4 rings (SSSR count). The van der Waals surface area contributed by atoms with Gasteiger partial charge in [0.15, 0.2) is 0 Å². The lowest BCUT2D eigenvalue weighted by Crippen LogP contribution is -2.47. The zero-order chi connectivity index (χ0) is 28.1. The smallest absolute Gasteiger partial charge is 0.255 e. The Balaban J connectivity index is 0.00000294. The molecule has 9 nitrogen and oxygen atoms in total. The van der Waals surface area contributed by atoms with E-state index in [1.165, 1.54) is 11.1 Å². The third-order valence-corrected chi connectivity index (χ3v) is 7.17. The standard InChI is InChI=1S/C28H36F2N6O3.2ClH/c1-4-31-9-10-36(24-12-23-22(11-19(24)2)15-34(28(23)39)18-25(29)30)27(38)14-32-13-26(37)33(3)35-16-20-7-5-6-8-21(20)17-35;;/h5-8,11-12,25,31-32H,4,9-10,13-18H2,1-3H3;2*1H. The van der Waals surface area contributed by atoms with Gasteiger partial charge >= 0.3 is 0 Å². The second kappa shape index (κ2) is 15.4. The van der Waals surface area contributed by atoms with Gasteiger partial charge in [0, 0.05) is 51.0 Å². The van der Waals surface area contributed by atoms with Gasteiger partial charge in [0.25, 0.3) is 18.2 Å². The van der Waals surface area contributed by atoms with E-state index in [-0.39, 0.29) is 56.3 Å². The summed E-state index contributed by atoms with van der Waals surface area (Å²) in [5.74, 6) is -0.871. The Bertz CT molecular complexity index is 1210. The fourth-order valence-corrected chi connectivity index (χ4v) is 5.06. The summed E-state index contributed by atoms with van der Waals surface area (Å²) in [5, 5.41) is 9.72. The Labute approximate surface area is 252 Å². The first-order valence-electron chi connectivity index (χ1n) is 13.2. The number of carbonyl (C=O) groups is 3. The molecule has 0 aliphatic carbocycles. The van der Waals surface area contributed by atoms with Crippen molar-refractivity contribution < 1.29 is 23.2 Å². The largest absolute Gasteiger partial charge is 0.329 e. The maximum atomic E-state index is 13.3. The molecule has 13 heteroatoms. The van der Waals surface area contributed by atoms with Crippen molar-refractivity contribution in [2.24, 2.45) is 0 Å². The van der Waals surface area contributed by atoms with E-state index >= 15 is 0 Å². The number of benzene rings is 2. The van der Waals surface area contributed by atoms with Gasteiger partial charge in [-0.1, -0.05) is 37.3 Å². The normalized spacial score (nSPS) is 13.9. The second-order valence-corrected chi connectivity index (χ2v) is 9.88. The maximum Gasteiger partial charge on any atom is 0.255 e. The van der Waals surface area contributed by atoms with Crippen LogP contribution in [0.4, 0.5) is 14.5 Å². The first kappa shape index (κ1) is 34.4. The molecule has 2 aromatic carbocycles. The predicted molar refractivity (Wildman–Crippen MR) is 159 cm³/mol. The van der Waals surface area contributed by atoms with Gasteiger partial charge in [-0.05, 0) is 41.8 Å². The number of halogens is 4. The van der Waals surface area contributed by atoms with Crippen LogP contribution >= 0.6 is 24.8 Å². The Morgan fingerprint density at radius 2 is 1.61 bits per heavy atom. The Morgan fingerprint density at radius 3 is 2.22 bits per heavy atom. The molecule has 0 atom stereocenters. The van der Waals surface area contributed by atoms with Crippen LogP contribution in [0.15, 0.2) is 36.4 Å². The minimum Gasteiger partial charge on any atom is -0.329 e. The van der Waals surface area contributed by atoms with Crippen molar-refractivity contribution in [3.05, 3.63) is 64.2 Å². The number of carbonyl (C=O) groups excluding carboxylic acids is 3. The number of hydrazine groups is 1. The number of hydrogen-bond acceptors (Lipinski definition) is 6. The van der Waals surface area contributed by atoms with Crippen molar-refractivity contribution in [3.63, 3.8) is 0 Å². The van der Waals surface area contributed by atoms with E-state index in [1.807, 2.05) is 31.0 Å². The molecule has 3 amide bonds. The summed E-state index contributed by atoms with van der Waals surface area (Å²) in [7, 11) is 1.72. The molecule has 0 aromatic heterocycles. The zero-order valence-electron chi connectivity index (χ0n) is 23.5. The first-order chi connectivity index (χ1) is 18.7. The van der Waals surface area contributed by atoms with Crippen LogP contribution in [0.1, 0.15) is 39.5 Å². The van der Waals surface area contributed by atoms with Crippen LogP contribution in [-0.4, -0.2) is 85.4 Å². The Kier molecular flexibility index (Phi) is 12.9. The molecule has 226 valence electrons. The minimum atomic E-state index is -2.62. The Morgan fingerprint density at radius 1 is 0.976 bits per heavy atom. The molecule has 2 N–H and O–H groups in total. The zero-order valence-corrected chi connectivity index (χ0v) is 25.1. The number of likely N-dealkylation sites (N-methyl/N-ethyl adjacent to an activating group) is 2. The van der Waals surface area contributed by atoms with Crippen molar-refractivity contribution in [3.8, 4) is 0 Å². The Hall–Kier alpha value is -2.83. The number of nitrogens with one attached hydrogen (secondary N) is 2. The average Bonchev–Trinajstić information content (AvgIpc) is 3.46. The highest BCUT2D eigenvalue weighted by Gasteiger charge is 2.31. The number of rotatable bonds is 12. The summed E-state index contributed by atoms with van der Waals surface area (Å²) >= 11 is 0. The van der Waals surface area contributed by atoms with Gasteiger partial charge in [0.2, 0.25) is 5.91 Å². The monoisotopic (exact) mass is 614 g/mol. The molecule has 0 unspecified atom stereocenters. The summed E-state index contributed by atoms with van der Waals surface area (Å²) in [6, 6.07) is 11.5. The van der Waals surface area contributed by atoms with Crippen LogP contribution in [0.25, 0.3) is 0 Å². The highest BCUT2D eigenvalue weighted by molar-refractivity contribution is 6.02. The molecular formula is C28H38Cl2F2N6O3. The van der Waals surface area contributed by atoms with Crippen LogP contribution in [-0.2, 0) is 29.2 Å². The van der Waals surface area contributed by atoms with Gasteiger partial charge in [0.05, 0.1) is 19.6 Å². The van der Waals surface area contributed by atoms with Gasteiger partial charge in [-0.2, -0.15) is 0 Å².